The maximum Gasteiger partial charge on any atom is 0.372 e. The summed E-state index contributed by atoms with van der Waals surface area (Å²) in [7, 11) is 0. The van der Waals surface area contributed by atoms with E-state index in [4.69, 9.17) is 0 Å². The first-order chi connectivity index (χ1) is 14.8. The lowest BCUT2D eigenvalue weighted by Crippen LogP contribution is -2.43. The van der Waals surface area contributed by atoms with Crippen LogP contribution in [0, 0.1) is 11.8 Å². The number of aliphatic imine (C=N–C) groups is 2. The third kappa shape index (κ3) is 4.51. The average molecular weight is 481 g/mol. The molecule has 0 spiro atoms. The molecule has 0 saturated heterocycles. The summed E-state index contributed by atoms with van der Waals surface area (Å²) >= 11 is 3.41. The summed E-state index contributed by atoms with van der Waals surface area (Å²) < 4.78 is 0.838. The van der Waals surface area contributed by atoms with Gasteiger partial charge in [-0.15, -0.1) is 5.01 Å². The minimum absolute atomic E-state index is 0.169. The Morgan fingerprint density at radius 1 is 1.26 bits per heavy atom. The smallest absolute Gasteiger partial charge is 0.265 e. The van der Waals surface area contributed by atoms with Gasteiger partial charge in [0, 0.05) is 22.2 Å². The number of fused-ring (bicyclic) bond motifs is 3. The summed E-state index contributed by atoms with van der Waals surface area (Å²) in [6, 6.07) is 4.78. The number of benzene rings is 1. The zero-order chi connectivity index (χ0) is 22.1. The number of halogens is 1. The van der Waals surface area contributed by atoms with Crippen LogP contribution in [0.15, 0.2) is 61.1 Å². The normalized spacial score (nSPS) is 22.7. The van der Waals surface area contributed by atoms with Crippen molar-refractivity contribution >= 4 is 51.2 Å². The molecular formula is C24H25BrN4O2. The summed E-state index contributed by atoms with van der Waals surface area (Å²) in [6.07, 6.45) is 10.3. The quantitative estimate of drug-likeness (QED) is 0.383. The fourth-order valence-corrected chi connectivity index (χ4v) is 4.45. The van der Waals surface area contributed by atoms with Crippen molar-refractivity contribution in [2.45, 2.75) is 46.5 Å². The number of amides is 3. The van der Waals surface area contributed by atoms with Gasteiger partial charge in [-0.2, -0.15) is 10.1 Å². The molecule has 2 atom stereocenters. The van der Waals surface area contributed by atoms with Crippen LogP contribution >= 0.6 is 15.9 Å². The lowest BCUT2D eigenvalue weighted by Gasteiger charge is -2.26. The van der Waals surface area contributed by atoms with Crippen LogP contribution in [0.4, 0.5) is 10.5 Å². The number of rotatable bonds is 5. The van der Waals surface area contributed by atoms with Crippen LogP contribution in [-0.2, 0) is 4.79 Å². The first-order valence-corrected chi connectivity index (χ1v) is 11.3. The number of hydrogen-bond acceptors (Lipinski definition) is 4. The van der Waals surface area contributed by atoms with Crippen molar-refractivity contribution in [3.63, 3.8) is 0 Å². The number of carbonyl (C=O) groups excluding carboxylic acids is 2. The summed E-state index contributed by atoms with van der Waals surface area (Å²) in [5, 5.41) is 5.08. The number of allylic oxidation sites excluding steroid dienone is 4. The van der Waals surface area contributed by atoms with E-state index in [1.54, 1.807) is 12.3 Å². The molecule has 160 valence electrons. The first-order valence-electron chi connectivity index (χ1n) is 10.5. The molecule has 3 aliphatic rings. The highest BCUT2D eigenvalue weighted by molar-refractivity contribution is 9.10. The van der Waals surface area contributed by atoms with Crippen LogP contribution in [0.3, 0.4) is 0 Å². The molecule has 31 heavy (non-hydrogen) atoms. The van der Waals surface area contributed by atoms with Crippen molar-refractivity contribution in [2.75, 3.05) is 0 Å². The predicted molar refractivity (Wildman–Crippen MR) is 127 cm³/mol. The molecule has 0 fully saturated rings. The molecule has 0 unspecified atom stereocenters. The van der Waals surface area contributed by atoms with E-state index < -0.39 is 11.9 Å². The van der Waals surface area contributed by atoms with Crippen molar-refractivity contribution in [3.8, 4) is 0 Å². The van der Waals surface area contributed by atoms with Crippen LogP contribution in [-0.4, -0.2) is 34.6 Å². The molecule has 0 radical (unpaired) electrons. The highest BCUT2D eigenvalue weighted by Gasteiger charge is 2.39. The second-order valence-electron chi connectivity index (χ2n) is 8.51. The van der Waals surface area contributed by atoms with Crippen LogP contribution < -0.4 is 0 Å². The maximum absolute atomic E-state index is 12.9. The Bertz CT molecular complexity index is 1090. The third-order valence-corrected chi connectivity index (χ3v) is 6.33. The third-order valence-electron chi connectivity index (χ3n) is 5.84. The zero-order valence-corrected chi connectivity index (χ0v) is 19.5. The van der Waals surface area contributed by atoms with Gasteiger partial charge in [0.1, 0.15) is 5.71 Å². The van der Waals surface area contributed by atoms with E-state index in [1.807, 2.05) is 12.1 Å². The Morgan fingerprint density at radius 2 is 2.06 bits per heavy atom. The zero-order valence-electron chi connectivity index (χ0n) is 17.9. The van der Waals surface area contributed by atoms with Crippen LogP contribution in [0.1, 0.15) is 52.0 Å². The van der Waals surface area contributed by atoms with Crippen molar-refractivity contribution in [1.29, 1.82) is 0 Å². The SMILES string of the molecule is CC(C)=CCCC1=CC[C@H](C=NN2C(=O)N=C3C(=Nc4ccc(Br)cc43)C2=O)[C@@H](C)C1. The molecule has 0 aromatic heterocycles. The van der Waals surface area contributed by atoms with Gasteiger partial charge in [-0.3, -0.25) is 4.79 Å². The molecule has 0 saturated carbocycles. The number of hydrazone groups is 1. The molecule has 4 rings (SSSR count). The molecular weight excluding hydrogens is 456 g/mol. The monoisotopic (exact) mass is 480 g/mol. The van der Waals surface area contributed by atoms with Crippen LogP contribution in [0.2, 0.25) is 0 Å². The lowest BCUT2D eigenvalue weighted by atomic mass is 9.80. The summed E-state index contributed by atoms with van der Waals surface area (Å²) in [5.41, 5.74) is 4.63. The van der Waals surface area contributed by atoms with Gasteiger partial charge in [-0.05, 0) is 63.6 Å². The van der Waals surface area contributed by atoms with Gasteiger partial charge in [0.15, 0.2) is 5.71 Å². The van der Waals surface area contributed by atoms with Gasteiger partial charge in [-0.1, -0.05) is 46.2 Å². The number of nitrogens with zero attached hydrogens (tertiary/aromatic N) is 4. The molecule has 2 heterocycles. The number of urea groups is 1. The standard InChI is InChI=1S/C24H25BrN4O2/c1-14(2)5-4-6-16-7-8-17(15(3)11-16)13-26-29-23(30)22-21(28-24(29)31)19-12-18(25)9-10-20(19)27-22/h5,7,9-10,12-13,15,17H,4,6,8,11H2,1-3H3/t15-,17+/m0/s1. The van der Waals surface area contributed by atoms with Crippen LogP contribution in [0.25, 0.3) is 0 Å². The van der Waals surface area contributed by atoms with E-state index in [9.17, 15) is 9.59 Å². The fourth-order valence-electron chi connectivity index (χ4n) is 4.08. The molecule has 2 aliphatic heterocycles. The second-order valence-corrected chi connectivity index (χ2v) is 9.43. The highest BCUT2D eigenvalue weighted by Crippen LogP contribution is 2.33. The van der Waals surface area contributed by atoms with Crippen molar-refractivity contribution in [1.82, 2.24) is 5.01 Å². The predicted octanol–water partition coefficient (Wildman–Crippen LogP) is 5.99. The van der Waals surface area contributed by atoms with E-state index in [1.165, 1.54) is 11.1 Å². The Morgan fingerprint density at radius 3 is 2.81 bits per heavy atom. The molecule has 1 aromatic rings. The van der Waals surface area contributed by atoms with Gasteiger partial charge in [0.25, 0.3) is 0 Å². The van der Waals surface area contributed by atoms with Gasteiger partial charge < -0.3 is 0 Å². The number of imide groups is 1. The summed E-state index contributed by atoms with van der Waals surface area (Å²) in [6.45, 7) is 6.43. The molecule has 7 heteroatoms. The summed E-state index contributed by atoms with van der Waals surface area (Å²) in [4.78, 5) is 33.9. The fraction of sp³-hybridized carbons (Fsp3) is 0.375. The van der Waals surface area contributed by atoms with Crippen molar-refractivity contribution < 1.29 is 9.59 Å². The van der Waals surface area contributed by atoms with Gasteiger partial charge in [0.2, 0.25) is 0 Å². The van der Waals surface area contributed by atoms with E-state index in [-0.39, 0.29) is 11.6 Å². The average Bonchev–Trinajstić information content (AvgIpc) is 3.07. The van der Waals surface area contributed by atoms with Crippen molar-refractivity contribution in [3.05, 3.63) is 51.5 Å². The van der Waals surface area contributed by atoms with Gasteiger partial charge in [0.05, 0.1) is 5.69 Å². The topological polar surface area (TPSA) is 74.5 Å². The van der Waals surface area contributed by atoms with E-state index in [0.717, 1.165) is 35.2 Å². The maximum atomic E-state index is 12.9. The van der Waals surface area contributed by atoms with E-state index in [0.29, 0.717) is 22.9 Å². The largest absolute Gasteiger partial charge is 0.372 e. The van der Waals surface area contributed by atoms with E-state index in [2.05, 4.69) is 63.9 Å². The Labute approximate surface area is 190 Å². The van der Waals surface area contributed by atoms with Gasteiger partial charge in [-0.25, -0.2) is 9.79 Å². The van der Waals surface area contributed by atoms with Crippen LogP contribution in [0.5, 0.6) is 0 Å². The van der Waals surface area contributed by atoms with E-state index >= 15 is 0 Å². The summed E-state index contributed by atoms with van der Waals surface area (Å²) in [5.74, 6) is 0.0479. The second kappa shape index (κ2) is 8.83. The molecule has 1 aliphatic carbocycles. The molecule has 1 aromatic carbocycles. The van der Waals surface area contributed by atoms with Gasteiger partial charge >= 0.3 is 11.9 Å². The molecule has 0 N–H and O–H groups in total. The Balaban J connectivity index is 1.47. The highest BCUT2D eigenvalue weighted by atomic mass is 79.9. The molecule has 3 amide bonds. The minimum Gasteiger partial charge on any atom is -0.265 e. The molecule has 0 bridgehead atoms. The number of hydrogen-bond donors (Lipinski definition) is 0. The Hall–Kier alpha value is -2.67. The lowest BCUT2D eigenvalue weighted by molar-refractivity contribution is -0.121. The molecule has 6 nitrogen and oxygen atoms in total. The number of carbonyl (C=O) groups is 2. The minimum atomic E-state index is -0.676. The first kappa shape index (κ1) is 21.6. The Kier molecular flexibility index (Phi) is 6.14. The van der Waals surface area contributed by atoms with Crippen molar-refractivity contribution in [2.24, 2.45) is 26.9 Å².